The van der Waals surface area contributed by atoms with Crippen molar-refractivity contribution < 1.29 is 19.0 Å². The molecule has 1 aliphatic heterocycles. The number of benzene rings is 2. The summed E-state index contributed by atoms with van der Waals surface area (Å²) < 4.78 is 19.0. The van der Waals surface area contributed by atoms with Crippen LogP contribution < -0.4 is 4.74 Å². The van der Waals surface area contributed by atoms with Gasteiger partial charge in [0.2, 0.25) is 0 Å². The minimum absolute atomic E-state index is 0.290. The Labute approximate surface area is 109 Å². The summed E-state index contributed by atoms with van der Waals surface area (Å²) in [6, 6.07) is 11.2. The maximum atomic E-state index is 13.4. The van der Waals surface area contributed by atoms with Crippen molar-refractivity contribution in [2.75, 3.05) is 0 Å². The number of hydrogen-bond donors (Lipinski definition) is 1. The fourth-order valence-electron chi connectivity index (χ4n) is 2.41. The number of carbonyl (C=O) groups is 1. The van der Waals surface area contributed by atoms with E-state index in [1.807, 2.05) is 12.1 Å². The average Bonchev–Trinajstić information content (AvgIpc) is 2.54. The zero-order valence-corrected chi connectivity index (χ0v) is 9.97. The van der Waals surface area contributed by atoms with Gasteiger partial charge in [0, 0.05) is 5.56 Å². The molecular weight excluding hydrogens is 247 g/mol. The minimum Gasteiger partial charge on any atom is -0.489 e. The SMILES string of the molecule is O=C(O)[C@H]1c2ccccc2COc2ccc(F)cc21. The van der Waals surface area contributed by atoms with E-state index in [0.717, 1.165) is 5.56 Å². The van der Waals surface area contributed by atoms with Crippen molar-refractivity contribution in [3.8, 4) is 5.75 Å². The molecular formula is C15H11FO3. The average molecular weight is 258 g/mol. The van der Waals surface area contributed by atoms with Gasteiger partial charge in [-0.05, 0) is 29.3 Å². The lowest BCUT2D eigenvalue weighted by molar-refractivity contribution is -0.137. The van der Waals surface area contributed by atoms with E-state index in [1.54, 1.807) is 12.1 Å². The first-order valence-electron chi connectivity index (χ1n) is 5.89. The smallest absolute Gasteiger partial charge is 0.315 e. The maximum absolute atomic E-state index is 13.4. The van der Waals surface area contributed by atoms with Crippen molar-refractivity contribution in [2.24, 2.45) is 0 Å². The molecule has 0 fully saturated rings. The van der Waals surface area contributed by atoms with Crippen LogP contribution in [0.4, 0.5) is 4.39 Å². The van der Waals surface area contributed by atoms with Crippen molar-refractivity contribution in [1.29, 1.82) is 0 Å². The predicted octanol–water partition coefficient (Wildman–Crippen LogP) is 2.93. The number of halogens is 1. The van der Waals surface area contributed by atoms with E-state index in [9.17, 15) is 14.3 Å². The summed E-state index contributed by atoms with van der Waals surface area (Å²) in [4.78, 5) is 11.6. The Bertz CT molecular complexity index is 652. The fraction of sp³-hybridized carbons (Fsp3) is 0.133. The second kappa shape index (κ2) is 4.39. The molecule has 4 heteroatoms. The normalized spacial score (nSPS) is 16.8. The molecule has 2 aromatic carbocycles. The lowest BCUT2D eigenvalue weighted by Crippen LogP contribution is -2.14. The summed E-state index contributed by atoms with van der Waals surface area (Å²) in [5.41, 5.74) is 1.82. The summed E-state index contributed by atoms with van der Waals surface area (Å²) in [5.74, 6) is -1.95. The second-order valence-electron chi connectivity index (χ2n) is 4.44. The molecule has 0 saturated carbocycles. The van der Waals surface area contributed by atoms with Crippen molar-refractivity contribution in [1.82, 2.24) is 0 Å². The number of rotatable bonds is 1. The molecule has 0 unspecified atom stereocenters. The molecule has 3 nitrogen and oxygen atoms in total. The Morgan fingerprint density at radius 1 is 1.21 bits per heavy atom. The maximum Gasteiger partial charge on any atom is 0.315 e. The highest BCUT2D eigenvalue weighted by molar-refractivity contribution is 5.82. The number of carboxylic acid groups (broad SMARTS) is 1. The third kappa shape index (κ3) is 1.95. The molecule has 19 heavy (non-hydrogen) atoms. The van der Waals surface area contributed by atoms with Gasteiger partial charge in [-0.15, -0.1) is 0 Å². The number of carboxylic acids is 1. The third-order valence-electron chi connectivity index (χ3n) is 3.28. The van der Waals surface area contributed by atoms with Crippen molar-refractivity contribution in [3.05, 3.63) is 65.0 Å². The van der Waals surface area contributed by atoms with E-state index in [-0.39, 0.29) is 0 Å². The Morgan fingerprint density at radius 2 is 2.00 bits per heavy atom. The van der Waals surface area contributed by atoms with Crippen molar-refractivity contribution in [3.63, 3.8) is 0 Å². The standard InChI is InChI=1S/C15H11FO3/c16-10-5-6-13-12(7-10)14(15(17)18)11-4-2-1-3-9(11)8-19-13/h1-7,14H,8H2,(H,17,18)/t14-/m0/s1. The van der Waals surface area contributed by atoms with E-state index in [2.05, 4.69) is 0 Å². The van der Waals surface area contributed by atoms with Gasteiger partial charge in [0.15, 0.2) is 0 Å². The highest BCUT2D eigenvalue weighted by atomic mass is 19.1. The Morgan fingerprint density at radius 3 is 2.79 bits per heavy atom. The molecule has 0 bridgehead atoms. The van der Waals surface area contributed by atoms with Gasteiger partial charge in [-0.2, -0.15) is 0 Å². The highest BCUT2D eigenvalue weighted by Crippen LogP contribution is 2.37. The molecule has 1 aliphatic rings. The molecule has 0 radical (unpaired) electrons. The van der Waals surface area contributed by atoms with Crippen LogP contribution in [0.3, 0.4) is 0 Å². The van der Waals surface area contributed by atoms with E-state index in [1.165, 1.54) is 18.2 Å². The van der Waals surface area contributed by atoms with Gasteiger partial charge in [-0.3, -0.25) is 4.79 Å². The van der Waals surface area contributed by atoms with Gasteiger partial charge >= 0.3 is 5.97 Å². The summed E-state index contributed by atoms with van der Waals surface area (Å²) in [6.07, 6.45) is 0. The van der Waals surface area contributed by atoms with Crippen LogP contribution in [0.5, 0.6) is 5.75 Å². The topological polar surface area (TPSA) is 46.5 Å². The zero-order chi connectivity index (χ0) is 13.4. The molecule has 1 atom stereocenters. The van der Waals surface area contributed by atoms with Crippen molar-refractivity contribution in [2.45, 2.75) is 12.5 Å². The van der Waals surface area contributed by atoms with E-state index in [0.29, 0.717) is 23.5 Å². The van der Waals surface area contributed by atoms with Crippen LogP contribution in [0, 0.1) is 5.82 Å². The predicted molar refractivity (Wildman–Crippen MR) is 66.7 cm³/mol. The molecule has 0 spiro atoms. The number of aliphatic carboxylic acids is 1. The Balaban J connectivity index is 2.25. The lowest BCUT2D eigenvalue weighted by Gasteiger charge is -2.14. The molecule has 1 N–H and O–H groups in total. The molecule has 1 heterocycles. The number of hydrogen-bond acceptors (Lipinski definition) is 2. The van der Waals surface area contributed by atoms with Crippen LogP contribution in [0.1, 0.15) is 22.6 Å². The summed E-state index contributed by atoms with van der Waals surface area (Å²) in [6.45, 7) is 0.290. The van der Waals surface area contributed by atoms with Crippen LogP contribution in [-0.4, -0.2) is 11.1 Å². The molecule has 96 valence electrons. The van der Waals surface area contributed by atoms with Gasteiger partial charge < -0.3 is 9.84 Å². The van der Waals surface area contributed by atoms with Crippen LogP contribution in [0.25, 0.3) is 0 Å². The third-order valence-corrected chi connectivity index (χ3v) is 3.28. The number of ether oxygens (including phenoxy) is 1. The van der Waals surface area contributed by atoms with Gasteiger partial charge in [-0.1, -0.05) is 24.3 Å². The molecule has 0 aromatic heterocycles. The molecule has 2 aromatic rings. The quantitative estimate of drug-likeness (QED) is 0.855. The van der Waals surface area contributed by atoms with Crippen LogP contribution in [-0.2, 0) is 11.4 Å². The molecule has 0 aliphatic carbocycles. The minimum atomic E-state index is -1.01. The van der Waals surface area contributed by atoms with E-state index in [4.69, 9.17) is 4.74 Å². The van der Waals surface area contributed by atoms with Gasteiger partial charge in [0.05, 0.1) is 0 Å². The van der Waals surface area contributed by atoms with E-state index < -0.39 is 17.7 Å². The highest BCUT2D eigenvalue weighted by Gasteiger charge is 2.30. The van der Waals surface area contributed by atoms with Crippen molar-refractivity contribution >= 4 is 5.97 Å². The monoisotopic (exact) mass is 258 g/mol. The summed E-state index contributed by atoms with van der Waals surface area (Å²) >= 11 is 0. The van der Waals surface area contributed by atoms with Crippen LogP contribution in [0.2, 0.25) is 0 Å². The molecule has 0 amide bonds. The first-order valence-corrected chi connectivity index (χ1v) is 5.89. The van der Waals surface area contributed by atoms with Crippen LogP contribution in [0.15, 0.2) is 42.5 Å². The lowest BCUT2D eigenvalue weighted by atomic mass is 9.88. The first-order chi connectivity index (χ1) is 9.16. The first kappa shape index (κ1) is 11.7. The van der Waals surface area contributed by atoms with Gasteiger partial charge in [-0.25, -0.2) is 4.39 Å². The number of fused-ring (bicyclic) bond motifs is 2. The summed E-state index contributed by atoms with van der Waals surface area (Å²) in [5, 5.41) is 9.47. The molecule has 0 saturated heterocycles. The Kier molecular flexibility index (Phi) is 2.71. The van der Waals surface area contributed by atoms with Crippen LogP contribution >= 0.6 is 0 Å². The summed E-state index contributed by atoms with van der Waals surface area (Å²) in [7, 11) is 0. The second-order valence-corrected chi connectivity index (χ2v) is 4.44. The van der Waals surface area contributed by atoms with Gasteiger partial charge in [0.1, 0.15) is 24.1 Å². The van der Waals surface area contributed by atoms with E-state index >= 15 is 0 Å². The fourth-order valence-corrected chi connectivity index (χ4v) is 2.41. The Hall–Kier alpha value is -2.36. The molecule has 3 rings (SSSR count). The largest absolute Gasteiger partial charge is 0.489 e. The van der Waals surface area contributed by atoms with Gasteiger partial charge in [0.25, 0.3) is 0 Å². The zero-order valence-electron chi connectivity index (χ0n) is 9.97.